The molecule has 0 unspecified atom stereocenters. The summed E-state index contributed by atoms with van der Waals surface area (Å²) in [4.78, 5) is 31.0. The van der Waals surface area contributed by atoms with E-state index in [9.17, 15) is 14.0 Å². The number of aromatic amines is 1. The molecule has 136 valence electrons. The van der Waals surface area contributed by atoms with Crippen LogP contribution < -0.4 is 10.9 Å². The molecule has 3 heterocycles. The molecule has 0 fully saturated rings. The Morgan fingerprint density at radius 3 is 2.81 bits per heavy atom. The van der Waals surface area contributed by atoms with E-state index in [1.54, 1.807) is 24.3 Å². The third-order valence-corrected chi connectivity index (χ3v) is 3.84. The average molecular weight is 368 g/mol. The van der Waals surface area contributed by atoms with E-state index in [0.717, 1.165) is 5.56 Å². The molecule has 4 rings (SSSR count). The van der Waals surface area contributed by atoms with Crippen LogP contribution in [0.15, 0.2) is 51.9 Å². The number of rotatable bonds is 5. The summed E-state index contributed by atoms with van der Waals surface area (Å²) in [6, 6.07) is 9.24. The van der Waals surface area contributed by atoms with Crippen molar-refractivity contribution in [2.75, 3.05) is 0 Å². The molecule has 0 spiro atoms. The van der Waals surface area contributed by atoms with Gasteiger partial charge in [0.1, 0.15) is 11.6 Å². The molecule has 0 aliphatic rings. The van der Waals surface area contributed by atoms with Crippen molar-refractivity contribution >= 4 is 17.1 Å². The maximum atomic E-state index is 13.0. The van der Waals surface area contributed by atoms with Crippen molar-refractivity contribution in [3.8, 4) is 0 Å². The third kappa shape index (κ3) is 3.45. The number of fused-ring (bicyclic) bond motifs is 1. The molecule has 0 atom stereocenters. The van der Waals surface area contributed by atoms with Crippen LogP contribution in [0.1, 0.15) is 21.9 Å². The molecule has 1 aromatic carbocycles. The number of amides is 1. The number of carbonyl (C=O) groups is 1. The van der Waals surface area contributed by atoms with E-state index >= 15 is 0 Å². The molecule has 0 saturated carbocycles. The van der Waals surface area contributed by atoms with Crippen LogP contribution in [-0.4, -0.2) is 30.9 Å². The van der Waals surface area contributed by atoms with Crippen LogP contribution in [-0.2, 0) is 13.1 Å². The second-order valence-electron chi connectivity index (χ2n) is 5.72. The molecule has 4 aromatic rings. The van der Waals surface area contributed by atoms with Gasteiger partial charge in [-0.1, -0.05) is 17.3 Å². The number of halogens is 1. The summed E-state index contributed by atoms with van der Waals surface area (Å²) in [7, 11) is 0. The number of nitrogens with zero attached hydrogens (tertiary/aromatic N) is 4. The lowest BCUT2D eigenvalue weighted by atomic mass is 10.2. The lowest BCUT2D eigenvalue weighted by molar-refractivity contribution is 0.0937. The van der Waals surface area contributed by atoms with Crippen molar-refractivity contribution in [3.63, 3.8) is 0 Å². The van der Waals surface area contributed by atoms with Gasteiger partial charge in [-0.05, 0) is 29.8 Å². The van der Waals surface area contributed by atoms with E-state index in [2.05, 4.69) is 25.6 Å². The second-order valence-corrected chi connectivity index (χ2v) is 5.72. The standard InChI is InChI=1S/C17H13FN6O3/c18-11-5-3-10(4-6-11)9-24-15-13(22-23-24)16(25)21-14(20-15)17(26)19-8-12-2-1-7-27-12/h1-7H,8-9H2,(H,19,26)(H,20,21,25). The summed E-state index contributed by atoms with van der Waals surface area (Å²) in [6.45, 7) is 0.376. The maximum Gasteiger partial charge on any atom is 0.287 e. The number of hydrogen-bond donors (Lipinski definition) is 2. The van der Waals surface area contributed by atoms with Gasteiger partial charge < -0.3 is 14.7 Å². The van der Waals surface area contributed by atoms with Crippen LogP contribution in [0.25, 0.3) is 11.2 Å². The number of carbonyl (C=O) groups excluding carboxylic acids is 1. The molecule has 1 amide bonds. The summed E-state index contributed by atoms with van der Waals surface area (Å²) >= 11 is 0. The molecule has 2 N–H and O–H groups in total. The van der Waals surface area contributed by atoms with Crippen LogP contribution in [0.3, 0.4) is 0 Å². The van der Waals surface area contributed by atoms with E-state index in [1.165, 1.54) is 23.1 Å². The lowest BCUT2D eigenvalue weighted by Gasteiger charge is -2.04. The minimum atomic E-state index is -0.575. The van der Waals surface area contributed by atoms with Crippen molar-refractivity contribution in [2.45, 2.75) is 13.1 Å². The normalized spacial score (nSPS) is 11.0. The highest BCUT2D eigenvalue weighted by molar-refractivity contribution is 5.91. The van der Waals surface area contributed by atoms with Crippen molar-refractivity contribution < 1.29 is 13.6 Å². The molecule has 0 aliphatic carbocycles. The monoisotopic (exact) mass is 368 g/mol. The number of hydrogen-bond acceptors (Lipinski definition) is 6. The summed E-state index contributed by atoms with van der Waals surface area (Å²) in [6.07, 6.45) is 1.49. The number of furan rings is 1. The summed E-state index contributed by atoms with van der Waals surface area (Å²) in [5, 5.41) is 10.3. The van der Waals surface area contributed by atoms with Crippen LogP contribution in [0.4, 0.5) is 4.39 Å². The van der Waals surface area contributed by atoms with E-state index < -0.39 is 11.5 Å². The number of benzene rings is 1. The fourth-order valence-electron chi connectivity index (χ4n) is 2.51. The molecule has 0 aliphatic heterocycles. The summed E-state index contributed by atoms with van der Waals surface area (Å²) in [5.41, 5.74) is 0.341. The van der Waals surface area contributed by atoms with Crippen molar-refractivity contribution in [3.05, 3.63) is 76.0 Å². The van der Waals surface area contributed by atoms with Gasteiger partial charge in [-0.25, -0.2) is 14.1 Å². The molecule has 27 heavy (non-hydrogen) atoms. The number of aromatic nitrogens is 5. The number of nitrogens with one attached hydrogen (secondary N) is 2. The zero-order valence-corrected chi connectivity index (χ0v) is 13.8. The highest BCUT2D eigenvalue weighted by Crippen LogP contribution is 2.09. The topological polar surface area (TPSA) is 119 Å². The van der Waals surface area contributed by atoms with Crippen molar-refractivity contribution in [2.24, 2.45) is 0 Å². The van der Waals surface area contributed by atoms with E-state index in [-0.39, 0.29) is 35.9 Å². The summed E-state index contributed by atoms with van der Waals surface area (Å²) < 4.78 is 19.6. The molecular weight excluding hydrogens is 355 g/mol. The van der Waals surface area contributed by atoms with E-state index in [0.29, 0.717) is 5.76 Å². The highest BCUT2D eigenvalue weighted by Gasteiger charge is 2.16. The molecular formula is C17H13FN6O3. The largest absolute Gasteiger partial charge is 0.467 e. The molecule has 9 nitrogen and oxygen atoms in total. The Hall–Kier alpha value is -3.82. The average Bonchev–Trinajstić information content (AvgIpc) is 3.32. The quantitative estimate of drug-likeness (QED) is 0.547. The molecule has 0 saturated heterocycles. The van der Waals surface area contributed by atoms with Gasteiger partial charge >= 0.3 is 0 Å². The SMILES string of the molecule is O=C(NCc1ccco1)c1nc2c(nnn2Cc2ccc(F)cc2)c(=O)[nH]1. The van der Waals surface area contributed by atoms with Gasteiger partial charge in [-0.2, -0.15) is 0 Å². The Morgan fingerprint density at radius 1 is 1.26 bits per heavy atom. The lowest BCUT2D eigenvalue weighted by Crippen LogP contribution is -2.27. The maximum absolute atomic E-state index is 13.0. The van der Waals surface area contributed by atoms with Gasteiger partial charge in [0.2, 0.25) is 5.82 Å². The fraction of sp³-hybridized carbons (Fsp3) is 0.118. The first kappa shape index (κ1) is 16.6. The predicted octanol–water partition coefficient (Wildman–Crippen LogP) is 1.22. The van der Waals surface area contributed by atoms with Crippen molar-refractivity contribution in [1.82, 2.24) is 30.3 Å². The first-order chi connectivity index (χ1) is 13.1. The van der Waals surface area contributed by atoms with Crippen LogP contribution in [0.2, 0.25) is 0 Å². The zero-order valence-electron chi connectivity index (χ0n) is 13.8. The van der Waals surface area contributed by atoms with Gasteiger partial charge in [0.25, 0.3) is 11.5 Å². The molecule has 0 radical (unpaired) electrons. The Bertz CT molecular complexity index is 1150. The predicted molar refractivity (Wildman–Crippen MR) is 91.3 cm³/mol. The Morgan fingerprint density at radius 2 is 2.07 bits per heavy atom. The summed E-state index contributed by atoms with van der Waals surface area (Å²) in [5.74, 6) is -0.524. The van der Waals surface area contributed by atoms with E-state index in [4.69, 9.17) is 4.42 Å². The molecule has 3 aromatic heterocycles. The smallest absolute Gasteiger partial charge is 0.287 e. The first-order valence-corrected chi connectivity index (χ1v) is 7.99. The minimum Gasteiger partial charge on any atom is -0.467 e. The molecule has 10 heteroatoms. The minimum absolute atomic E-state index is 0.0136. The zero-order chi connectivity index (χ0) is 18.8. The Balaban J connectivity index is 1.62. The van der Waals surface area contributed by atoms with Crippen LogP contribution in [0, 0.1) is 5.82 Å². The van der Waals surface area contributed by atoms with Crippen LogP contribution in [0.5, 0.6) is 0 Å². The van der Waals surface area contributed by atoms with Gasteiger partial charge in [0.15, 0.2) is 11.2 Å². The Kier molecular flexibility index (Phi) is 4.21. The van der Waals surface area contributed by atoms with Crippen molar-refractivity contribution in [1.29, 1.82) is 0 Å². The Labute approximate surface area is 150 Å². The highest BCUT2D eigenvalue weighted by atomic mass is 19.1. The van der Waals surface area contributed by atoms with Gasteiger partial charge in [-0.3, -0.25) is 9.59 Å². The molecule has 0 bridgehead atoms. The number of H-pyrrole nitrogens is 1. The van der Waals surface area contributed by atoms with Gasteiger partial charge in [0, 0.05) is 0 Å². The second kappa shape index (κ2) is 6.83. The van der Waals surface area contributed by atoms with E-state index in [1.807, 2.05) is 0 Å². The first-order valence-electron chi connectivity index (χ1n) is 7.99. The van der Waals surface area contributed by atoms with Crippen LogP contribution >= 0.6 is 0 Å². The third-order valence-electron chi connectivity index (χ3n) is 3.84. The fourth-order valence-corrected chi connectivity index (χ4v) is 2.51. The van der Waals surface area contributed by atoms with Gasteiger partial charge in [0.05, 0.1) is 19.4 Å². The van der Waals surface area contributed by atoms with Gasteiger partial charge in [-0.15, -0.1) is 5.10 Å².